The van der Waals surface area contributed by atoms with E-state index >= 15 is 0 Å². The molecule has 26 heavy (non-hydrogen) atoms. The maximum atomic E-state index is 12.4. The lowest BCUT2D eigenvalue weighted by Crippen LogP contribution is -2.22. The number of rotatable bonds is 6. The van der Waals surface area contributed by atoms with Gasteiger partial charge in [-0.2, -0.15) is 0 Å². The van der Waals surface area contributed by atoms with Crippen LogP contribution in [0.1, 0.15) is 20.2 Å². The Bertz CT molecular complexity index is 1000. The van der Waals surface area contributed by atoms with E-state index in [0.717, 1.165) is 9.88 Å². The number of anilines is 1. The second-order valence-electron chi connectivity index (χ2n) is 5.39. The number of benzene rings is 1. The Hall–Kier alpha value is -2.78. The number of aromatic nitrogens is 2. The van der Waals surface area contributed by atoms with Crippen LogP contribution in [-0.2, 0) is 16.6 Å². The summed E-state index contributed by atoms with van der Waals surface area (Å²) in [5.41, 5.74) is 0.802. The smallest absolute Gasteiger partial charge is 0.261 e. The number of carbonyl (C=O) groups is 1. The minimum atomic E-state index is -3.72. The van der Waals surface area contributed by atoms with Crippen molar-refractivity contribution in [2.75, 3.05) is 4.72 Å². The van der Waals surface area contributed by atoms with Gasteiger partial charge in [-0.1, -0.05) is 0 Å². The summed E-state index contributed by atoms with van der Waals surface area (Å²) in [5.74, 6) is -0.276. The van der Waals surface area contributed by atoms with Crippen LogP contribution in [0.2, 0.25) is 0 Å². The van der Waals surface area contributed by atoms with Crippen LogP contribution in [0.15, 0.2) is 59.9 Å². The summed E-state index contributed by atoms with van der Waals surface area (Å²) in [6.07, 6.45) is 4.71. The lowest BCUT2D eigenvalue weighted by Gasteiger charge is -2.08. The quantitative estimate of drug-likeness (QED) is 0.676. The van der Waals surface area contributed by atoms with E-state index in [0.29, 0.717) is 17.8 Å². The summed E-state index contributed by atoms with van der Waals surface area (Å²) in [6.45, 7) is 2.28. The molecule has 0 aliphatic heterocycles. The fourth-order valence-corrected chi connectivity index (χ4v) is 3.97. The van der Waals surface area contributed by atoms with E-state index in [1.54, 1.807) is 18.3 Å². The average Bonchev–Trinajstić information content (AvgIpc) is 3.05. The van der Waals surface area contributed by atoms with Crippen LogP contribution in [0.3, 0.4) is 0 Å². The molecule has 2 aromatic heterocycles. The highest BCUT2D eigenvalue weighted by atomic mass is 32.2. The van der Waals surface area contributed by atoms with Crippen molar-refractivity contribution in [2.24, 2.45) is 0 Å². The normalized spacial score (nSPS) is 11.1. The van der Waals surface area contributed by atoms with Crippen molar-refractivity contribution in [1.29, 1.82) is 0 Å². The largest absolute Gasteiger partial charge is 0.347 e. The van der Waals surface area contributed by atoms with Crippen molar-refractivity contribution in [3.8, 4) is 0 Å². The highest BCUT2D eigenvalue weighted by Crippen LogP contribution is 2.16. The number of nitrogens with one attached hydrogen (secondary N) is 2. The second kappa shape index (κ2) is 7.63. The van der Waals surface area contributed by atoms with Gasteiger partial charge in [0.25, 0.3) is 15.9 Å². The zero-order valence-electron chi connectivity index (χ0n) is 13.8. The van der Waals surface area contributed by atoms with Crippen LogP contribution < -0.4 is 10.0 Å². The molecule has 0 aliphatic rings. The van der Waals surface area contributed by atoms with Crippen LogP contribution in [0, 0.1) is 6.92 Å². The molecule has 3 rings (SSSR count). The molecule has 0 aliphatic carbocycles. The fourth-order valence-electron chi connectivity index (χ4n) is 2.18. The Morgan fingerprint density at radius 2 is 1.81 bits per heavy atom. The van der Waals surface area contributed by atoms with Gasteiger partial charge in [0.15, 0.2) is 0 Å². The van der Waals surface area contributed by atoms with Crippen LogP contribution in [-0.4, -0.2) is 24.3 Å². The molecular weight excluding hydrogens is 372 g/mol. The zero-order chi connectivity index (χ0) is 18.6. The van der Waals surface area contributed by atoms with Crippen molar-refractivity contribution in [3.05, 3.63) is 70.4 Å². The molecule has 1 amide bonds. The molecular formula is C17H16N4O3S2. The van der Waals surface area contributed by atoms with Crippen molar-refractivity contribution >= 4 is 33.0 Å². The van der Waals surface area contributed by atoms with Crippen molar-refractivity contribution in [2.45, 2.75) is 18.4 Å². The number of nitrogens with zero attached hydrogens (tertiary/aromatic N) is 2. The molecule has 0 spiro atoms. The van der Waals surface area contributed by atoms with E-state index in [4.69, 9.17) is 0 Å². The fraction of sp³-hybridized carbons (Fsp3) is 0.118. The van der Waals surface area contributed by atoms with E-state index < -0.39 is 10.0 Å². The molecule has 2 heterocycles. The topological polar surface area (TPSA) is 101 Å². The monoisotopic (exact) mass is 388 g/mol. The molecule has 1 aromatic carbocycles. The lowest BCUT2D eigenvalue weighted by atomic mass is 10.2. The molecule has 2 N–H and O–H groups in total. The van der Waals surface area contributed by atoms with E-state index in [1.165, 1.54) is 48.0 Å². The first-order valence-electron chi connectivity index (χ1n) is 7.66. The van der Waals surface area contributed by atoms with Crippen LogP contribution in [0.25, 0.3) is 0 Å². The van der Waals surface area contributed by atoms with Gasteiger partial charge in [-0.15, -0.1) is 11.3 Å². The molecule has 7 nitrogen and oxygen atoms in total. The van der Waals surface area contributed by atoms with Gasteiger partial charge in [-0.05, 0) is 43.3 Å². The predicted molar refractivity (Wildman–Crippen MR) is 99.5 cm³/mol. The summed E-state index contributed by atoms with van der Waals surface area (Å²) in [4.78, 5) is 21.2. The number of carbonyl (C=O) groups excluding carboxylic acids is 1. The Morgan fingerprint density at radius 1 is 1.12 bits per heavy atom. The molecule has 0 atom stereocenters. The van der Waals surface area contributed by atoms with E-state index in [2.05, 4.69) is 20.0 Å². The Labute approximate surface area is 155 Å². The molecule has 0 unspecified atom stereocenters. The highest BCUT2D eigenvalue weighted by molar-refractivity contribution is 7.92. The SMILES string of the molecule is Cc1ncc(CNC(=O)c2ccc(S(=O)(=O)Nc3ccncc3)cc2)s1. The predicted octanol–water partition coefficient (Wildman–Crippen LogP) is 2.58. The summed E-state index contributed by atoms with van der Waals surface area (Å²) >= 11 is 1.51. The molecule has 134 valence electrons. The first kappa shape index (κ1) is 18.0. The van der Waals surface area contributed by atoms with Crippen LogP contribution in [0.4, 0.5) is 5.69 Å². The molecule has 0 bridgehead atoms. The number of hydrogen-bond donors (Lipinski definition) is 2. The Kier molecular flexibility index (Phi) is 5.29. The minimum Gasteiger partial charge on any atom is -0.347 e. The first-order valence-corrected chi connectivity index (χ1v) is 9.96. The van der Waals surface area contributed by atoms with Crippen LogP contribution in [0.5, 0.6) is 0 Å². The average molecular weight is 388 g/mol. The number of aryl methyl sites for hydroxylation is 1. The summed E-state index contributed by atoms with van der Waals surface area (Å²) in [6, 6.07) is 8.87. The molecule has 0 radical (unpaired) electrons. The third-order valence-electron chi connectivity index (χ3n) is 3.45. The zero-order valence-corrected chi connectivity index (χ0v) is 15.5. The van der Waals surface area contributed by atoms with Crippen LogP contribution >= 0.6 is 11.3 Å². The highest BCUT2D eigenvalue weighted by Gasteiger charge is 2.15. The molecule has 0 saturated carbocycles. The molecule has 3 aromatic rings. The minimum absolute atomic E-state index is 0.0731. The maximum Gasteiger partial charge on any atom is 0.261 e. The number of amides is 1. The molecule has 0 saturated heterocycles. The van der Waals surface area contributed by atoms with E-state index in [9.17, 15) is 13.2 Å². The second-order valence-corrected chi connectivity index (χ2v) is 8.40. The third kappa shape index (κ3) is 4.44. The van der Waals surface area contributed by atoms with Crippen molar-refractivity contribution in [3.63, 3.8) is 0 Å². The van der Waals surface area contributed by atoms with Crippen molar-refractivity contribution in [1.82, 2.24) is 15.3 Å². The summed E-state index contributed by atoms with van der Waals surface area (Å²) in [7, 11) is -3.72. The van der Waals surface area contributed by atoms with E-state index in [1.807, 2.05) is 6.92 Å². The molecule has 0 fully saturated rings. The van der Waals surface area contributed by atoms with Crippen molar-refractivity contribution < 1.29 is 13.2 Å². The number of hydrogen-bond acceptors (Lipinski definition) is 6. The Morgan fingerprint density at radius 3 is 2.42 bits per heavy atom. The number of sulfonamides is 1. The van der Waals surface area contributed by atoms with E-state index in [-0.39, 0.29) is 10.8 Å². The van der Waals surface area contributed by atoms with Gasteiger partial charge in [-0.3, -0.25) is 14.5 Å². The number of thiazole rings is 1. The van der Waals surface area contributed by atoms with Gasteiger partial charge in [0, 0.05) is 29.0 Å². The third-order valence-corrected chi connectivity index (χ3v) is 5.76. The Balaban J connectivity index is 1.66. The summed E-state index contributed by atoms with van der Waals surface area (Å²) in [5, 5.41) is 3.72. The van der Waals surface area contributed by atoms with Gasteiger partial charge in [0.2, 0.25) is 0 Å². The summed E-state index contributed by atoms with van der Waals surface area (Å²) < 4.78 is 27.2. The first-order chi connectivity index (χ1) is 12.4. The van der Waals surface area contributed by atoms with Gasteiger partial charge in [0.1, 0.15) is 0 Å². The maximum absolute atomic E-state index is 12.4. The standard InChI is InChI=1S/C17H16N4O3S2/c1-12-19-10-15(25-12)11-20-17(22)13-2-4-16(5-3-13)26(23,24)21-14-6-8-18-9-7-14/h2-10H,11H2,1H3,(H,18,21)(H,20,22). The van der Waals surface area contributed by atoms with Gasteiger partial charge >= 0.3 is 0 Å². The van der Waals surface area contributed by atoms with Gasteiger partial charge < -0.3 is 5.32 Å². The lowest BCUT2D eigenvalue weighted by molar-refractivity contribution is 0.0951. The molecule has 9 heteroatoms. The van der Waals surface area contributed by atoms with Gasteiger partial charge in [-0.25, -0.2) is 13.4 Å². The number of pyridine rings is 1. The van der Waals surface area contributed by atoms with Gasteiger partial charge in [0.05, 0.1) is 22.1 Å².